The van der Waals surface area contributed by atoms with Gasteiger partial charge in [-0.1, -0.05) is 35.2 Å². The first kappa shape index (κ1) is 23.9. The van der Waals surface area contributed by atoms with E-state index in [-0.39, 0.29) is 60.0 Å². The number of nitriles is 1. The van der Waals surface area contributed by atoms with E-state index >= 15 is 0 Å². The molecule has 14 heteroatoms. The Kier molecular flexibility index (Phi) is 8.02. The number of benzene rings is 1. The first-order chi connectivity index (χ1) is 15.3. The Labute approximate surface area is 193 Å². The third kappa shape index (κ3) is 5.74. The molecule has 1 aromatic carbocycles. The molecule has 11 nitrogen and oxygen atoms in total. The number of anilines is 1. The quantitative estimate of drug-likeness (QED) is 0.446. The Hall–Kier alpha value is -2.73. The van der Waals surface area contributed by atoms with Crippen LogP contribution >= 0.6 is 23.1 Å². The van der Waals surface area contributed by atoms with Gasteiger partial charge in [0.1, 0.15) is 6.07 Å². The molecule has 0 aliphatic carbocycles. The van der Waals surface area contributed by atoms with Gasteiger partial charge in [-0.05, 0) is 19.1 Å². The number of hydrogen-bond donors (Lipinski definition) is 1. The minimum atomic E-state index is -3.81. The van der Waals surface area contributed by atoms with E-state index in [4.69, 9.17) is 4.74 Å². The minimum Gasteiger partial charge on any atom is -0.450 e. The van der Waals surface area contributed by atoms with Gasteiger partial charge < -0.3 is 9.64 Å². The molecule has 0 spiro atoms. The van der Waals surface area contributed by atoms with E-state index in [1.54, 1.807) is 24.0 Å². The largest absolute Gasteiger partial charge is 0.450 e. The molecule has 32 heavy (non-hydrogen) atoms. The first-order valence-electron chi connectivity index (χ1n) is 9.52. The van der Waals surface area contributed by atoms with Crippen molar-refractivity contribution in [3.8, 4) is 6.07 Å². The van der Waals surface area contributed by atoms with Crippen LogP contribution in [0, 0.1) is 11.3 Å². The van der Waals surface area contributed by atoms with Crippen molar-refractivity contribution in [1.82, 2.24) is 19.4 Å². The number of carbonyl (C=O) groups is 2. The Bertz CT molecular complexity index is 1120. The van der Waals surface area contributed by atoms with Gasteiger partial charge in [-0.15, -0.1) is 10.2 Å². The van der Waals surface area contributed by atoms with Gasteiger partial charge in [0, 0.05) is 26.2 Å². The van der Waals surface area contributed by atoms with Crippen LogP contribution in [0.5, 0.6) is 0 Å². The summed E-state index contributed by atoms with van der Waals surface area (Å²) in [4.78, 5) is 25.5. The van der Waals surface area contributed by atoms with Gasteiger partial charge >= 0.3 is 6.09 Å². The fourth-order valence-electron chi connectivity index (χ4n) is 2.89. The van der Waals surface area contributed by atoms with Gasteiger partial charge in [-0.2, -0.15) is 9.57 Å². The summed E-state index contributed by atoms with van der Waals surface area (Å²) in [5.41, 5.74) is 0.0938. The van der Waals surface area contributed by atoms with Crippen LogP contribution in [0.25, 0.3) is 0 Å². The lowest BCUT2D eigenvalue weighted by atomic mass is 10.2. The molecule has 1 saturated heterocycles. The zero-order chi connectivity index (χ0) is 23.1. The number of aromatic nitrogens is 2. The summed E-state index contributed by atoms with van der Waals surface area (Å²) in [5.74, 6) is -0.0440. The second-order valence-electron chi connectivity index (χ2n) is 6.40. The van der Waals surface area contributed by atoms with Crippen LogP contribution in [0.2, 0.25) is 0 Å². The number of ether oxygens (including phenoxy) is 1. The van der Waals surface area contributed by atoms with Crippen molar-refractivity contribution < 1.29 is 22.7 Å². The molecule has 1 aliphatic heterocycles. The zero-order valence-electron chi connectivity index (χ0n) is 17.1. The van der Waals surface area contributed by atoms with E-state index in [2.05, 4.69) is 15.5 Å². The van der Waals surface area contributed by atoms with Crippen molar-refractivity contribution in [3.63, 3.8) is 0 Å². The molecule has 3 rings (SSSR count). The van der Waals surface area contributed by atoms with Crippen molar-refractivity contribution in [2.45, 2.75) is 16.2 Å². The second-order valence-corrected chi connectivity index (χ2v) is 10.5. The van der Waals surface area contributed by atoms with Crippen LogP contribution in [0.4, 0.5) is 9.93 Å². The molecule has 1 aromatic heterocycles. The third-order valence-electron chi connectivity index (χ3n) is 4.43. The van der Waals surface area contributed by atoms with Crippen LogP contribution in [-0.4, -0.2) is 78.4 Å². The molecule has 0 bridgehead atoms. The smallest absolute Gasteiger partial charge is 0.413 e. The van der Waals surface area contributed by atoms with Gasteiger partial charge in [0.05, 0.1) is 22.8 Å². The lowest BCUT2D eigenvalue weighted by Gasteiger charge is -2.34. The van der Waals surface area contributed by atoms with Gasteiger partial charge in [-0.25, -0.2) is 13.2 Å². The fraction of sp³-hybridized carbons (Fsp3) is 0.389. The molecule has 1 fully saturated rings. The molecule has 0 atom stereocenters. The average molecular weight is 497 g/mol. The maximum atomic E-state index is 12.9. The van der Waals surface area contributed by atoms with Crippen LogP contribution in [0.1, 0.15) is 12.5 Å². The summed E-state index contributed by atoms with van der Waals surface area (Å²) in [6, 6.07) is 7.97. The van der Waals surface area contributed by atoms with Gasteiger partial charge in [0.15, 0.2) is 4.34 Å². The number of thioether (sulfide) groups is 1. The van der Waals surface area contributed by atoms with Crippen molar-refractivity contribution in [2.75, 3.05) is 43.9 Å². The van der Waals surface area contributed by atoms with Crippen LogP contribution < -0.4 is 5.32 Å². The molecule has 1 N–H and O–H groups in total. The number of nitrogens with one attached hydrogen (secondary N) is 1. The number of rotatable bonds is 7. The van der Waals surface area contributed by atoms with E-state index in [1.165, 1.54) is 28.2 Å². The summed E-state index contributed by atoms with van der Waals surface area (Å²) in [5, 5.41) is 19.7. The topological polar surface area (TPSA) is 146 Å². The molecule has 2 heterocycles. The Morgan fingerprint density at radius 1 is 1.25 bits per heavy atom. The molecule has 0 unspecified atom stereocenters. The van der Waals surface area contributed by atoms with E-state index < -0.39 is 16.1 Å². The summed E-state index contributed by atoms with van der Waals surface area (Å²) >= 11 is 2.31. The van der Waals surface area contributed by atoms with Crippen molar-refractivity contribution in [1.29, 1.82) is 5.26 Å². The summed E-state index contributed by atoms with van der Waals surface area (Å²) in [6.07, 6.45) is -0.624. The number of amides is 2. The Balaban J connectivity index is 1.51. The van der Waals surface area contributed by atoms with E-state index in [9.17, 15) is 23.3 Å². The maximum absolute atomic E-state index is 12.9. The number of carbonyl (C=O) groups excluding carboxylic acids is 2. The highest BCUT2D eigenvalue weighted by atomic mass is 32.2. The Morgan fingerprint density at radius 3 is 2.66 bits per heavy atom. The number of piperazine rings is 1. The number of hydrogen-bond acceptors (Lipinski definition) is 10. The normalized spacial score (nSPS) is 14.6. The highest BCUT2D eigenvalue weighted by Crippen LogP contribution is 2.26. The van der Waals surface area contributed by atoms with E-state index in [0.29, 0.717) is 4.34 Å². The molecule has 1 aliphatic rings. The van der Waals surface area contributed by atoms with Gasteiger partial charge in [-0.3, -0.25) is 10.1 Å². The highest BCUT2D eigenvalue weighted by molar-refractivity contribution is 8.01. The fourth-order valence-corrected chi connectivity index (χ4v) is 6.09. The molecule has 0 saturated carbocycles. The van der Waals surface area contributed by atoms with Gasteiger partial charge in [0.25, 0.3) is 0 Å². The first-order valence-corrected chi connectivity index (χ1v) is 12.8. The van der Waals surface area contributed by atoms with Crippen LogP contribution in [0.15, 0.2) is 33.5 Å². The number of nitrogens with zero attached hydrogens (tertiary/aromatic N) is 5. The Morgan fingerprint density at radius 2 is 1.97 bits per heavy atom. The predicted octanol–water partition coefficient (Wildman–Crippen LogP) is 1.60. The lowest BCUT2D eigenvalue weighted by Crippen LogP contribution is -2.51. The summed E-state index contributed by atoms with van der Waals surface area (Å²) in [6.45, 7) is 2.71. The number of sulfonamides is 1. The van der Waals surface area contributed by atoms with Gasteiger partial charge in [0.2, 0.25) is 21.1 Å². The monoisotopic (exact) mass is 496 g/mol. The lowest BCUT2D eigenvalue weighted by molar-refractivity contribution is -0.129. The highest BCUT2D eigenvalue weighted by Gasteiger charge is 2.31. The minimum absolute atomic E-state index is 0.0265. The van der Waals surface area contributed by atoms with Crippen molar-refractivity contribution in [2.24, 2.45) is 0 Å². The molecule has 0 radical (unpaired) electrons. The standard InChI is InChI=1S/C18H20N6O5S3/c1-2-29-17(26)20-16-21-22-18(31-16)30-12-15(25)23-7-9-24(10-8-23)32(27,28)14-6-4-3-5-13(14)11-19/h3-6H,2,7-10,12H2,1H3,(H,20,21,26). The molecule has 2 amide bonds. The molecule has 170 valence electrons. The van der Waals surface area contributed by atoms with E-state index in [1.807, 2.05) is 6.07 Å². The van der Waals surface area contributed by atoms with Crippen molar-refractivity contribution >= 4 is 50.3 Å². The summed E-state index contributed by atoms with van der Waals surface area (Å²) in [7, 11) is -3.81. The van der Waals surface area contributed by atoms with Crippen LogP contribution in [0.3, 0.4) is 0 Å². The molecular weight excluding hydrogens is 476 g/mol. The van der Waals surface area contributed by atoms with E-state index in [0.717, 1.165) is 11.3 Å². The maximum Gasteiger partial charge on any atom is 0.413 e. The van der Waals surface area contributed by atoms with Crippen molar-refractivity contribution in [3.05, 3.63) is 29.8 Å². The SMILES string of the molecule is CCOC(=O)Nc1nnc(SCC(=O)N2CCN(S(=O)(=O)c3ccccc3C#N)CC2)s1. The predicted molar refractivity (Wildman–Crippen MR) is 118 cm³/mol. The average Bonchev–Trinajstić information content (AvgIpc) is 3.24. The molecule has 2 aromatic rings. The summed E-state index contributed by atoms with van der Waals surface area (Å²) < 4.78 is 32.3. The third-order valence-corrected chi connectivity index (χ3v) is 8.34. The zero-order valence-corrected chi connectivity index (χ0v) is 19.5. The van der Waals surface area contributed by atoms with Crippen LogP contribution in [-0.2, 0) is 19.6 Å². The second kappa shape index (κ2) is 10.7. The molecular formula is C18H20N6O5S3.